The van der Waals surface area contributed by atoms with E-state index in [9.17, 15) is 4.79 Å². The second kappa shape index (κ2) is 4.94. The highest BCUT2D eigenvalue weighted by Crippen LogP contribution is 2.31. The molecule has 0 aromatic heterocycles. The maximum absolute atomic E-state index is 10.9. The molecule has 0 heterocycles. The molecule has 0 bridgehead atoms. The average molecular weight is 215 g/mol. The minimum Gasteiger partial charge on any atom is -0.480 e. The number of nitrogens with two attached hydrogens (primary N) is 1. The third-order valence-corrected chi connectivity index (χ3v) is 3.33. The summed E-state index contributed by atoms with van der Waals surface area (Å²) >= 11 is 0. The van der Waals surface area contributed by atoms with Crippen LogP contribution in [0.4, 0.5) is 0 Å². The zero-order valence-corrected chi connectivity index (χ0v) is 9.53. The number of ether oxygens (including phenoxy) is 1. The van der Waals surface area contributed by atoms with Gasteiger partial charge in [0.05, 0.1) is 6.10 Å². The van der Waals surface area contributed by atoms with Gasteiger partial charge in [-0.05, 0) is 44.9 Å². The molecule has 1 rings (SSSR count). The predicted octanol–water partition coefficient (Wildman–Crippen LogP) is 1.38. The summed E-state index contributed by atoms with van der Waals surface area (Å²) in [6, 6.07) is 0. The predicted molar refractivity (Wildman–Crippen MR) is 57.6 cm³/mol. The van der Waals surface area contributed by atoms with E-state index in [2.05, 4.69) is 0 Å². The Morgan fingerprint density at radius 2 is 2.00 bits per heavy atom. The van der Waals surface area contributed by atoms with E-state index in [0.29, 0.717) is 18.4 Å². The van der Waals surface area contributed by atoms with Crippen molar-refractivity contribution in [3.63, 3.8) is 0 Å². The SMILES string of the molecule is COC1CCC(CC(C)(N)C(=O)O)CC1. The molecule has 1 aliphatic carbocycles. The second-order valence-corrected chi connectivity index (χ2v) is 4.81. The zero-order chi connectivity index (χ0) is 11.5. The van der Waals surface area contributed by atoms with Gasteiger partial charge in [-0.15, -0.1) is 0 Å². The summed E-state index contributed by atoms with van der Waals surface area (Å²) in [6.45, 7) is 1.59. The van der Waals surface area contributed by atoms with E-state index < -0.39 is 11.5 Å². The lowest BCUT2D eigenvalue weighted by atomic mass is 9.79. The van der Waals surface area contributed by atoms with Crippen LogP contribution in [0.25, 0.3) is 0 Å². The van der Waals surface area contributed by atoms with Crippen LogP contribution in [0.1, 0.15) is 39.0 Å². The van der Waals surface area contributed by atoms with E-state index in [4.69, 9.17) is 15.6 Å². The molecule has 0 aromatic rings. The molecule has 0 saturated heterocycles. The van der Waals surface area contributed by atoms with Gasteiger partial charge in [0.15, 0.2) is 0 Å². The van der Waals surface area contributed by atoms with Crippen molar-refractivity contribution in [2.24, 2.45) is 11.7 Å². The highest BCUT2D eigenvalue weighted by Gasteiger charge is 2.33. The van der Waals surface area contributed by atoms with Gasteiger partial charge in [-0.1, -0.05) is 0 Å². The van der Waals surface area contributed by atoms with Crippen molar-refractivity contribution < 1.29 is 14.6 Å². The van der Waals surface area contributed by atoms with Crippen LogP contribution in [-0.2, 0) is 9.53 Å². The Kier molecular flexibility index (Phi) is 4.11. The molecule has 1 aliphatic rings. The summed E-state index contributed by atoms with van der Waals surface area (Å²) in [5, 5.41) is 8.92. The third kappa shape index (κ3) is 3.47. The molecule has 0 aromatic carbocycles. The molecule has 88 valence electrons. The largest absolute Gasteiger partial charge is 0.480 e. The van der Waals surface area contributed by atoms with E-state index in [0.717, 1.165) is 25.7 Å². The highest BCUT2D eigenvalue weighted by molar-refractivity contribution is 5.77. The molecule has 1 saturated carbocycles. The van der Waals surface area contributed by atoms with Gasteiger partial charge in [0.2, 0.25) is 0 Å². The number of carbonyl (C=O) groups is 1. The Bertz CT molecular complexity index is 220. The van der Waals surface area contributed by atoms with Gasteiger partial charge in [-0.2, -0.15) is 0 Å². The van der Waals surface area contributed by atoms with E-state index >= 15 is 0 Å². The summed E-state index contributed by atoms with van der Waals surface area (Å²) in [5.41, 5.74) is 4.65. The number of aliphatic carboxylic acids is 1. The van der Waals surface area contributed by atoms with E-state index in [1.165, 1.54) is 0 Å². The minimum absolute atomic E-state index is 0.357. The minimum atomic E-state index is -1.08. The Balaban J connectivity index is 2.38. The monoisotopic (exact) mass is 215 g/mol. The van der Waals surface area contributed by atoms with E-state index in [1.54, 1.807) is 14.0 Å². The first kappa shape index (κ1) is 12.5. The van der Waals surface area contributed by atoms with Crippen LogP contribution in [0.2, 0.25) is 0 Å². The summed E-state index contributed by atoms with van der Waals surface area (Å²) < 4.78 is 5.27. The molecule has 1 atom stereocenters. The van der Waals surface area contributed by atoms with Gasteiger partial charge in [0.25, 0.3) is 0 Å². The zero-order valence-electron chi connectivity index (χ0n) is 9.53. The number of rotatable bonds is 4. The van der Waals surface area contributed by atoms with Crippen LogP contribution in [-0.4, -0.2) is 29.8 Å². The van der Waals surface area contributed by atoms with Crippen molar-refractivity contribution in [2.45, 2.75) is 50.7 Å². The van der Waals surface area contributed by atoms with Crippen molar-refractivity contribution in [1.29, 1.82) is 0 Å². The van der Waals surface area contributed by atoms with Crippen LogP contribution in [0.3, 0.4) is 0 Å². The molecule has 1 fully saturated rings. The lowest BCUT2D eigenvalue weighted by Gasteiger charge is -2.31. The molecule has 0 spiro atoms. The van der Waals surface area contributed by atoms with Crippen LogP contribution in [0.15, 0.2) is 0 Å². The summed E-state index contributed by atoms with van der Waals surface area (Å²) in [4.78, 5) is 10.9. The van der Waals surface area contributed by atoms with Crippen LogP contribution in [0.5, 0.6) is 0 Å². The molecular formula is C11H21NO3. The molecule has 15 heavy (non-hydrogen) atoms. The lowest BCUT2D eigenvalue weighted by molar-refractivity contribution is -0.143. The molecule has 4 nitrogen and oxygen atoms in total. The molecule has 0 radical (unpaired) electrons. The van der Waals surface area contributed by atoms with Gasteiger partial charge in [-0.25, -0.2) is 0 Å². The normalized spacial score (nSPS) is 30.9. The Morgan fingerprint density at radius 1 is 1.47 bits per heavy atom. The molecule has 1 unspecified atom stereocenters. The first-order chi connectivity index (χ1) is 6.95. The summed E-state index contributed by atoms with van der Waals surface area (Å²) in [7, 11) is 1.73. The van der Waals surface area contributed by atoms with Gasteiger partial charge >= 0.3 is 5.97 Å². The van der Waals surface area contributed by atoms with E-state index in [-0.39, 0.29) is 0 Å². The average Bonchev–Trinajstić information content (AvgIpc) is 2.18. The van der Waals surface area contributed by atoms with Crippen molar-refractivity contribution in [3.05, 3.63) is 0 Å². The molecule has 0 amide bonds. The number of hydrogen-bond acceptors (Lipinski definition) is 3. The molecule has 3 N–H and O–H groups in total. The van der Waals surface area contributed by atoms with Gasteiger partial charge in [0.1, 0.15) is 5.54 Å². The first-order valence-corrected chi connectivity index (χ1v) is 5.51. The third-order valence-electron chi connectivity index (χ3n) is 3.33. The van der Waals surface area contributed by atoms with Crippen molar-refractivity contribution in [2.75, 3.05) is 7.11 Å². The van der Waals surface area contributed by atoms with Gasteiger partial charge in [0, 0.05) is 7.11 Å². The Morgan fingerprint density at radius 3 is 2.40 bits per heavy atom. The molecule has 0 aliphatic heterocycles. The quantitative estimate of drug-likeness (QED) is 0.743. The smallest absolute Gasteiger partial charge is 0.323 e. The maximum atomic E-state index is 10.9. The Labute approximate surface area is 90.8 Å². The fourth-order valence-electron chi connectivity index (χ4n) is 2.26. The summed E-state index contributed by atoms with van der Waals surface area (Å²) in [5.74, 6) is -0.473. The molecule has 4 heteroatoms. The Hall–Kier alpha value is -0.610. The first-order valence-electron chi connectivity index (χ1n) is 5.51. The summed E-state index contributed by atoms with van der Waals surface area (Å²) in [6.07, 6.45) is 5.03. The topological polar surface area (TPSA) is 72.5 Å². The lowest BCUT2D eigenvalue weighted by Crippen LogP contribution is -2.46. The number of methoxy groups -OCH3 is 1. The number of carboxylic acid groups (broad SMARTS) is 1. The van der Waals surface area contributed by atoms with Crippen molar-refractivity contribution >= 4 is 5.97 Å². The van der Waals surface area contributed by atoms with Crippen LogP contribution in [0, 0.1) is 5.92 Å². The molecular weight excluding hydrogens is 194 g/mol. The van der Waals surface area contributed by atoms with Gasteiger partial charge < -0.3 is 15.6 Å². The fraction of sp³-hybridized carbons (Fsp3) is 0.909. The standard InChI is InChI=1S/C11H21NO3/c1-11(12,10(13)14)7-8-3-5-9(15-2)6-4-8/h8-9H,3-7,12H2,1-2H3,(H,13,14). The maximum Gasteiger partial charge on any atom is 0.323 e. The van der Waals surface area contributed by atoms with Crippen molar-refractivity contribution in [3.8, 4) is 0 Å². The van der Waals surface area contributed by atoms with E-state index in [1.807, 2.05) is 0 Å². The van der Waals surface area contributed by atoms with Crippen LogP contribution >= 0.6 is 0 Å². The second-order valence-electron chi connectivity index (χ2n) is 4.81. The van der Waals surface area contributed by atoms with Crippen LogP contribution < -0.4 is 5.73 Å². The van der Waals surface area contributed by atoms with Crippen molar-refractivity contribution in [1.82, 2.24) is 0 Å². The number of carboxylic acids is 1. The fourth-order valence-corrected chi connectivity index (χ4v) is 2.26. The number of hydrogen-bond donors (Lipinski definition) is 2. The van der Waals surface area contributed by atoms with Gasteiger partial charge in [-0.3, -0.25) is 4.79 Å². The highest BCUT2D eigenvalue weighted by atomic mass is 16.5.